The first-order chi connectivity index (χ1) is 14.5. The van der Waals surface area contributed by atoms with Gasteiger partial charge in [0, 0.05) is 19.2 Å². The van der Waals surface area contributed by atoms with Crippen LogP contribution in [-0.4, -0.2) is 37.6 Å². The third kappa shape index (κ3) is 4.52. The highest BCUT2D eigenvalue weighted by Crippen LogP contribution is 2.45. The van der Waals surface area contributed by atoms with E-state index in [-0.39, 0.29) is 36.0 Å². The van der Waals surface area contributed by atoms with E-state index in [1.54, 1.807) is 23.1 Å². The number of carbonyl (C=O) groups is 2. The molecule has 0 radical (unpaired) electrons. The number of benzene rings is 2. The van der Waals surface area contributed by atoms with Crippen LogP contribution in [0.25, 0.3) is 0 Å². The van der Waals surface area contributed by atoms with Gasteiger partial charge in [0.25, 0.3) is 0 Å². The molecule has 1 saturated heterocycles. The highest BCUT2D eigenvalue weighted by atomic mass is 19.1. The summed E-state index contributed by atoms with van der Waals surface area (Å²) in [6, 6.07) is 13.1. The van der Waals surface area contributed by atoms with E-state index in [9.17, 15) is 14.0 Å². The minimum absolute atomic E-state index is 0.0912. The summed E-state index contributed by atoms with van der Waals surface area (Å²) < 4.78 is 18.9. The zero-order chi connectivity index (χ0) is 21.7. The second-order valence-corrected chi connectivity index (χ2v) is 7.02. The summed E-state index contributed by atoms with van der Waals surface area (Å²) >= 11 is 0. The summed E-state index contributed by atoms with van der Waals surface area (Å²) in [5, 5.41) is 1.15. The number of hydroxylamine groups is 2. The number of β-lactam (4-membered cyclic amide) rings is 1. The Morgan fingerprint density at radius 3 is 2.47 bits per heavy atom. The third-order valence-corrected chi connectivity index (χ3v) is 5.20. The van der Waals surface area contributed by atoms with Gasteiger partial charge in [0.05, 0.1) is 19.1 Å². The Balaban J connectivity index is 1.83. The van der Waals surface area contributed by atoms with Gasteiger partial charge in [0.1, 0.15) is 18.2 Å². The summed E-state index contributed by atoms with van der Waals surface area (Å²) in [4.78, 5) is 31.6. The molecular formula is C23H25FN2O4. The maximum Gasteiger partial charge on any atom is 0.245 e. The standard InChI is InChI=1S/C23H25FN2O4/c1-4-15-30-19-11-5-16(6-12-19)22-20(13-14-21(27)25(2)29-3)23(28)26(22)18-9-7-17(24)8-10-18/h4-12,20,22H,1,13-15H2,2-3H3. The van der Waals surface area contributed by atoms with Gasteiger partial charge in [0.15, 0.2) is 0 Å². The SMILES string of the molecule is C=CCOc1ccc(C2C(CCC(=O)N(C)OC)C(=O)N2c2ccc(F)cc2)cc1. The van der Waals surface area contributed by atoms with E-state index in [0.717, 1.165) is 10.6 Å². The smallest absolute Gasteiger partial charge is 0.245 e. The molecule has 0 saturated carbocycles. The summed E-state index contributed by atoms with van der Waals surface area (Å²) in [7, 11) is 2.96. The number of anilines is 1. The van der Waals surface area contributed by atoms with E-state index in [1.807, 2.05) is 24.3 Å². The van der Waals surface area contributed by atoms with Gasteiger partial charge in [-0.15, -0.1) is 0 Å². The van der Waals surface area contributed by atoms with E-state index in [4.69, 9.17) is 9.57 Å². The van der Waals surface area contributed by atoms with Gasteiger partial charge in [-0.05, 0) is 48.4 Å². The third-order valence-electron chi connectivity index (χ3n) is 5.20. The van der Waals surface area contributed by atoms with Crippen LogP contribution in [0.4, 0.5) is 10.1 Å². The minimum atomic E-state index is -0.364. The molecule has 3 rings (SSSR count). The molecule has 2 atom stereocenters. The molecule has 0 bridgehead atoms. The fourth-order valence-electron chi connectivity index (χ4n) is 3.56. The molecule has 0 aromatic heterocycles. The Labute approximate surface area is 175 Å². The molecule has 1 heterocycles. The fourth-order valence-corrected chi connectivity index (χ4v) is 3.56. The average molecular weight is 412 g/mol. The Kier molecular flexibility index (Phi) is 6.84. The van der Waals surface area contributed by atoms with E-state index in [2.05, 4.69) is 6.58 Å². The van der Waals surface area contributed by atoms with Crippen LogP contribution in [0, 0.1) is 11.7 Å². The predicted molar refractivity (Wildman–Crippen MR) is 111 cm³/mol. The zero-order valence-electron chi connectivity index (χ0n) is 17.1. The first-order valence-corrected chi connectivity index (χ1v) is 9.69. The summed E-state index contributed by atoms with van der Waals surface area (Å²) in [5.41, 5.74) is 1.54. The van der Waals surface area contributed by atoms with Crippen molar-refractivity contribution >= 4 is 17.5 Å². The quantitative estimate of drug-likeness (QED) is 0.356. The maximum atomic E-state index is 13.4. The predicted octanol–water partition coefficient (Wildman–Crippen LogP) is 3.89. The average Bonchev–Trinajstić information content (AvgIpc) is 2.77. The topological polar surface area (TPSA) is 59.1 Å². The number of rotatable bonds is 9. The van der Waals surface area contributed by atoms with Crippen molar-refractivity contribution in [2.75, 3.05) is 25.7 Å². The van der Waals surface area contributed by atoms with Crippen molar-refractivity contribution in [3.8, 4) is 5.75 Å². The van der Waals surface area contributed by atoms with Crippen LogP contribution in [0.1, 0.15) is 24.4 Å². The normalized spacial score (nSPS) is 18.0. The number of hydrogen-bond donors (Lipinski definition) is 0. The monoisotopic (exact) mass is 412 g/mol. The van der Waals surface area contributed by atoms with Crippen LogP contribution >= 0.6 is 0 Å². The largest absolute Gasteiger partial charge is 0.490 e. The number of halogens is 1. The van der Waals surface area contributed by atoms with Gasteiger partial charge in [0.2, 0.25) is 11.8 Å². The second-order valence-electron chi connectivity index (χ2n) is 7.02. The van der Waals surface area contributed by atoms with Gasteiger partial charge in [-0.2, -0.15) is 0 Å². The molecule has 2 amide bonds. The minimum Gasteiger partial charge on any atom is -0.490 e. The van der Waals surface area contributed by atoms with Crippen molar-refractivity contribution in [2.45, 2.75) is 18.9 Å². The Morgan fingerprint density at radius 2 is 1.87 bits per heavy atom. The van der Waals surface area contributed by atoms with E-state index < -0.39 is 0 Å². The van der Waals surface area contributed by atoms with E-state index in [1.165, 1.54) is 26.3 Å². The molecule has 0 N–H and O–H groups in total. The van der Waals surface area contributed by atoms with Crippen LogP contribution < -0.4 is 9.64 Å². The fraction of sp³-hybridized carbons (Fsp3) is 0.304. The molecule has 1 aliphatic rings. The molecule has 158 valence electrons. The summed E-state index contributed by atoms with van der Waals surface area (Å²) in [6.45, 7) is 4.03. The Morgan fingerprint density at radius 1 is 1.20 bits per heavy atom. The van der Waals surface area contributed by atoms with Crippen LogP contribution in [0.3, 0.4) is 0 Å². The number of hydrogen-bond acceptors (Lipinski definition) is 4. The lowest BCUT2D eigenvalue weighted by Gasteiger charge is -2.47. The molecule has 6 nitrogen and oxygen atoms in total. The lowest BCUT2D eigenvalue weighted by atomic mass is 9.79. The molecule has 0 spiro atoms. The van der Waals surface area contributed by atoms with Gasteiger partial charge in [-0.3, -0.25) is 14.4 Å². The van der Waals surface area contributed by atoms with Crippen molar-refractivity contribution in [1.29, 1.82) is 0 Å². The Hall–Kier alpha value is -3.19. The molecule has 2 aromatic carbocycles. The van der Waals surface area contributed by atoms with Crippen LogP contribution in [0.15, 0.2) is 61.2 Å². The van der Waals surface area contributed by atoms with E-state index in [0.29, 0.717) is 24.5 Å². The molecule has 2 aromatic rings. The molecule has 2 unspecified atom stereocenters. The number of amides is 2. The van der Waals surface area contributed by atoms with Crippen molar-refractivity contribution in [1.82, 2.24) is 5.06 Å². The summed E-state index contributed by atoms with van der Waals surface area (Å²) in [5.74, 6) is -0.309. The van der Waals surface area contributed by atoms with Crippen LogP contribution in [-0.2, 0) is 14.4 Å². The van der Waals surface area contributed by atoms with Crippen molar-refractivity contribution in [3.63, 3.8) is 0 Å². The van der Waals surface area contributed by atoms with Crippen molar-refractivity contribution in [2.24, 2.45) is 5.92 Å². The number of carbonyl (C=O) groups excluding carboxylic acids is 2. The van der Waals surface area contributed by atoms with Crippen molar-refractivity contribution < 1.29 is 23.6 Å². The maximum absolute atomic E-state index is 13.4. The molecule has 1 aliphatic heterocycles. The first kappa shape index (κ1) is 21.5. The highest BCUT2D eigenvalue weighted by molar-refractivity contribution is 6.03. The Bertz CT molecular complexity index is 898. The van der Waals surface area contributed by atoms with Gasteiger partial charge < -0.3 is 9.64 Å². The lowest BCUT2D eigenvalue weighted by molar-refractivity contribution is -0.169. The second kappa shape index (κ2) is 9.54. The van der Waals surface area contributed by atoms with Crippen molar-refractivity contribution in [3.05, 3.63) is 72.6 Å². The number of ether oxygens (including phenoxy) is 1. The van der Waals surface area contributed by atoms with E-state index >= 15 is 0 Å². The molecular weight excluding hydrogens is 387 g/mol. The highest BCUT2D eigenvalue weighted by Gasteiger charge is 2.48. The zero-order valence-corrected chi connectivity index (χ0v) is 17.1. The number of nitrogens with zero attached hydrogens (tertiary/aromatic N) is 2. The van der Waals surface area contributed by atoms with Gasteiger partial charge in [-0.25, -0.2) is 9.45 Å². The van der Waals surface area contributed by atoms with Crippen LogP contribution in [0.5, 0.6) is 5.75 Å². The summed E-state index contributed by atoms with van der Waals surface area (Å²) in [6.07, 6.45) is 2.25. The molecule has 0 aliphatic carbocycles. The van der Waals surface area contributed by atoms with Crippen LogP contribution in [0.2, 0.25) is 0 Å². The first-order valence-electron chi connectivity index (χ1n) is 9.69. The van der Waals surface area contributed by atoms with Gasteiger partial charge >= 0.3 is 0 Å². The molecule has 30 heavy (non-hydrogen) atoms. The molecule has 7 heteroatoms. The molecule has 1 fully saturated rings. The van der Waals surface area contributed by atoms with Gasteiger partial charge in [-0.1, -0.05) is 24.8 Å². The lowest BCUT2D eigenvalue weighted by Crippen LogP contribution is -2.55.